The zero-order valence-corrected chi connectivity index (χ0v) is 10.2. The van der Waals surface area contributed by atoms with E-state index in [0.29, 0.717) is 12.1 Å². The Morgan fingerprint density at radius 1 is 1.06 bits per heavy atom. The van der Waals surface area contributed by atoms with Gasteiger partial charge in [0.25, 0.3) is 20.2 Å². The topological polar surface area (TPSA) is 164 Å². The minimum absolute atomic E-state index is 0.0635. The Morgan fingerprint density at radius 2 is 1.56 bits per heavy atom. The van der Waals surface area contributed by atoms with Gasteiger partial charge in [-0.2, -0.15) is 16.8 Å². The van der Waals surface area contributed by atoms with Crippen molar-refractivity contribution in [2.24, 2.45) is 0 Å². The number of benzene rings is 1. The van der Waals surface area contributed by atoms with Crippen LogP contribution in [-0.4, -0.2) is 32.4 Å². The number of nitrogen functional groups attached to an aromatic ring is 1. The molecule has 0 fully saturated rings. The van der Waals surface area contributed by atoms with E-state index in [1.54, 1.807) is 0 Å². The highest BCUT2D eigenvalue weighted by molar-refractivity contribution is 7.86. The van der Waals surface area contributed by atoms with Gasteiger partial charge in [0.1, 0.15) is 9.79 Å². The van der Waals surface area contributed by atoms with Crippen LogP contribution in [0.1, 0.15) is 0 Å². The molecule has 18 heavy (non-hydrogen) atoms. The second kappa shape index (κ2) is 4.53. The van der Waals surface area contributed by atoms with Gasteiger partial charge < -0.3 is 11.1 Å². The maximum Gasteiger partial charge on any atom is 0.296 e. The number of hydrogen-bond acceptors (Lipinski definition) is 6. The number of carbonyl (C=O) groups excluding carboxylic acids is 1. The second-order valence-corrected chi connectivity index (χ2v) is 5.88. The first-order chi connectivity index (χ1) is 8.07. The molecule has 1 rings (SSSR count). The number of amides is 1. The fourth-order valence-electron chi connectivity index (χ4n) is 1.19. The van der Waals surface area contributed by atoms with Gasteiger partial charge in [-0.3, -0.25) is 13.9 Å². The predicted octanol–water partition coefficient (Wildman–Crippen LogP) is -0.669. The first-order valence-electron chi connectivity index (χ1n) is 4.16. The SMILES string of the molecule is Nc1cc(S(=O)(=O)O)c(NC=O)cc1S(=O)(=O)O. The summed E-state index contributed by atoms with van der Waals surface area (Å²) in [6, 6.07) is 1.21. The molecular formula is C7H8N2O7S2. The van der Waals surface area contributed by atoms with Gasteiger partial charge in [-0.15, -0.1) is 0 Å². The van der Waals surface area contributed by atoms with E-state index in [1.807, 2.05) is 5.32 Å². The lowest BCUT2D eigenvalue weighted by molar-refractivity contribution is -0.105. The van der Waals surface area contributed by atoms with Crippen LogP contribution in [0, 0.1) is 0 Å². The van der Waals surface area contributed by atoms with E-state index in [9.17, 15) is 21.6 Å². The third-order valence-corrected chi connectivity index (χ3v) is 3.69. The van der Waals surface area contributed by atoms with Crippen molar-refractivity contribution in [2.45, 2.75) is 9.79 Å². The number of anilines is 2. The monoisotopic (exact) mass is 296 g/mol. The Morgan fingerprint density at radius 3 is 1.94 bits per heavy atom. The lowest BCUT2D eigenvalue weighted by Gasteiger charge is -2.09. The van der Waals surface area contributed by atoms with E-state index in [-0.39, 0.29) is 6.41 Å². The second-order valence-electron chi connectivity index (χ2n) is 3.10. The lowest BCUT2D eigenvalue weighted by atomic mass is 10.3. The molecule has 9 nitrogen and oxygen atoms in total. The lowest BCUT2D eigenvalue weighted by Crippen LogP contribution is -2.10. The average molecular weight is 296 g/mol. The molecule has 1 aromatic carbocycles. The van der Waals surface area contributed by atoms with Crippen LogP contribution in [0.2, 0.25) is 0 Å². The molecular weight excluding hydrogens is 288 g/mol. The van der Waals surface area contributed by atoms with E-state index in [4.69, 9.17) is 14.8 Å². The molecule has 11 heteroatoms. The van der Waals surface area contributed by atoms with Gasteiger partial charge >= 0.3 is 0 Å². The van der Waals surface area contributed by atoms with Crippen molar-refractivity contribution >= 4 is 38.0 Å². The van der Waals surface area contributed by atoms with Gasteiger partial charge in [-0.05, 0) is 12.1 Å². The van der Waals surface area contributed by atoms with Crippen molar-refractivity contribution in [2.75, 3.05) is 11.1 Å². The summed E-state index contributed by atoms with van der Waals surface area (Å²) < 4.78 is 61.5. The number of nitrogens with two attached hydrogens (primary N) is 1. The van der Waals surface area contributed by atoms with E-state index in [1.165, 1.54) is 0 Å². The van der Waals surface area contributed by atoms with Crippen LogP contribution in [0.4, 0.5) is 11.4 Å². The van der Waals surface area contributed by atoms with Gasteiger partial charge in [-0.1, -0.05) is 0 Å². The molecule has 0 saturated heterocycles. The molecule has 0 aliphatic heterocycles. The standard InChI is InChI=1S/C7H8N2O7S2/c8-4-1-7(18(14,15)16)5(9-3-10)2-6(4)17(11,12)13/h1-3H,8H2,(H,9,10)(H,11,12,13)(H,14,15,16). The molecule has 5 N–H and O–H groups in total. The molecule has 100 valence electrons. The molecule has 1 amide bonds. The number of rotatable bonds is 4. The van der Waals surface area contributed by atoms with Gasteiger partial charge in [-0.25, -0.2) is 0 Å². The molecule has 0 aromatic heterocycles. The fourth-order valence-corrected chi connectivity index (χ4v) is 2.48. The molecule has 0 saturated carbocycles. The molecule has 0 aliphatic carbocycles. The molecule has 0 atom stereocenters. The Hall–Kier alpha value is -1.69. The molecule has 0 spiro atoms. The van der Waals surface area contributed by atoms with Crippen LogP contribution in [0.25, 0.3) is 0 Å². The highest BCUT2D eigenvalue weighted by Gasteiger charge is 2.22. The smallest absolute Gasteiger partial charge is 0.296 e. The van der Waals surface area contributed by atoms with E-state index in [0.717, 1.165) is 0 Å². The van der Waals surface area contributed by atoms with Crippen molar-refractivity contribution in [3.05, 3.63) is 12.1 Å². The van der Waals surface area contributed by atoms with Crippen molar-refractivity contribution in [1.29, 1.82) is 0 Å². The fraction of sp³-hybridized carbons (Fsp3) is 0. The van der Waals surface area contributed by atoms with Crippen molar-refractivity contribution in [1.82, 2.24) is 0 Å². The molecule has 0 radical (unpaired) electrons. The summed E-state index contributed by atoms with van der Waals surface area (Å²) in [5.74, 6) is 0. The van der Waals surface area contributed by atoms with Gasteiger partial charge in [0.15, 0.2) is 0 Å². The van der Waals surface area contributed by atoms with Crippen LogP contribution in [0.5, 0.6) is 0 Å². The normalized spacial score (nSPS) is 12.1. The molecule has 0 heterocycles. The van der Waals surface area contributed by atoms with Crippen LogP contribution < -0.4 is 11.1 Å². The third kappa shape index (κ3) is 2.95. The third-order valence-electron chi connectivity index (χ3n) is 1.88. The maximum absolute atomic E-state index is 11.0. The van der Waals surface area contributed by atoms with E-state index < -0.39 is 41.4 Å². The Kier molecular flexibility index (Phi) is 3.62. The summed E-state index contributed by atoms with van der Waals surface area (Å²) in [7, 11) is -9.41. The van der Waals surface area contributed by atoms with Gasteiger partial charge in [0.05, 0.1) is 11.4 Å². The molecule has 1 aromatic rings. The summed E-state index contributed by atoms with van der Waals surface area (Å²) >= 11 is 0. The summed E-state index contributed by atoms with van der Waals surface area (Å²) in [6.45, 7) is 0. The van der Waals surface area contributed by atoms with E-state index >= 15 is 0 Å². The van der Waals surface area contributed by atoms with Gasteiger partial charge in [0.2, 0.25) is 6.41 Å². The first kappa shape index (κ1) is 14.4. The van der Waals surface area contributed by atoms with Crippen molar-refractivity contribution in [3.63, 3.8) is 0 Å². The zero-order valence-electron chi connectivity index (χ0n) is 8.56. The Balaban J connectivity index is 3.70. The van der Waals surface area contributed by atoms with Crippen LogP contribution >= 0.6 is 0 Å². The Labute approximate surface area is 102 Å². The van der Waals surface area contributed by atoms with Crippen molar-refractivity contribution in [3.8, 4) is 0 Å². The zero-order chi connectivity index (χ0) is 14.1. The molecule has 0 unspecified atom stereocenters. The first-order valence-corrected chi connectivity index (χ1v) is 7.04. The summed E-state index contributed by atoms with van der Waals surface area (Å²) in [5, 5.41) is 1.87. The van der Waals surface area contributed by atoms with Crippen molar-refractivity contribution < 1.29 is 30.7 Å². The largest absolute Gasteiger partial charge is 0.398 e. The summed E-state index contributed by atoms with van der Waals surface area (Å²) in [4.78, 5) is 8.68. The minimum Gasteiger partial charge on any atom is -0.398 e. The number of hydrogen-bond donors (Lipinski definition) is 4. The minimum atomic E-state index is -4.72. The van der Waals surface area contributed by atoms with Crippen LogP contribution in [0.3, 0.4) is 0 Å². The average Bonchev–Trinajstić information content (AvgIpc) is 2.17. The Bertz CT molecular complexity index is 693. The number of carbonyl (C=O) groups is 1. The highest BCUT2D eigenvalue weighted by atomic mass is 32.2. The summed E-state index contributed by atoms with van der Waals surface area (Å²) in [6.07, 6.45) is 0.0635. The predicted molar refractivity (Wildman–Crippen MR) is 60.2 cm³/mol. The van der Waals surface area contributed by atoms with Crippen LogP contribution in [-0.2, 0) is 25.0 Å². The van der Waals surface area contributed by atoms with Gasteiger partial charge in [0, 0.05) is 0 Å². The molecule has 0 aliphatic rings. The molecule has 0 bridgehead atoms. The van der Waals surface area contributed by atoms with Crippen LogP contribution in [0.15, 0.2) is 21.9 Å². The van der Waals surface area contributed by atoms with E-state index in [2.05, 4.69) is 0 Å². The maximum atomic E-state index is 11.0. The quantitative estimate of drug-likeness (QED) is 0.322. The number of nitrogens with one attached hydrogen (secondary N) is 1. The highest BCUT2D eigenvalue weighted by Crippen LogP contribution is 2.29. The summed E-state index contributed by atoms with van der Waals surface area (Å²) in [5.41, 5.74) is 4.11.